The number of fused-ring (bicyclic) bond motifs is 1. The fourth-order valence-electron chi connectivity index (χ4n) is 3.77. The largest absolute Gasteiger partial charge is 0.307 e. The quantitative estimate of drug-likeness (QED) is 0.299. The van der Waals surface area contributed by atoms with Crippen molar-refractivity contribution in [2.45, 2.75) is 40.7 Å². The molecule has 0 aliphatic heterocycles. The van der Waals surface area contributed by atoms with Gasteiger partial charge in [-0.15, -0.1) is 0 Å². The Kier molecular flexibility index (Phi) is 7.60. The lowest BCUT2D eigenvalue weighted by Crippen LogP contribution is -2.25. The standard InChI is InChI=1S/C25H32N4O2/c1-5-28(14-11-18(2)3)17-21-7-6-8-22(19(21)4)24-20(9-10-23(30)27-31)12-15-29-16-13-26-25(24)29/h6-10,12-13,15-16,18,31H,5,11,14,17H2,1-4H3,(H,27,30). The molecule has 0 fully saturated rings. The molecule has 31 heavy (non-hydrogen) atoms. The van der Waals surface area contributed by atoms with E-state index in [9.17, 15) is 4.79 Å². The average molecular weight is 421 g/mol. The number of nitrogens with one attached hydrogen (secondary N) is 1. The maximum absolute atomic E-state index is 11.6. The first kappa shape index (κ1) is 22.7. The minimum absolute atomic E-state index is 0.566. The molecule has 2 N–H and O–H groups in total. The van der Waals surface area contributed by atoms with Crippen LogP contribution < -0.4 is 5.48 Å². The van der Waals surface area contributed by atoms with Gasteiger partial charge < -0.3 is 4.40 Å². The predicted molar refractivity (Wildman–Crippen MR) is 125 cm³/mol. The Morgan fingerprint density at radius 2 is 2.10 bits per heavy atom. The maximum Gasteiger partial charge on any atom is 0.267 e. The first-order chi connectivity index (χ1) is 14.9. The number of hydroxylamine groups is 1. The molecule has 0 spiro atoms. The lowest BCUT2D eigenvalue weighted by atomic mass is 9.93. The Balaban J connectivity index is 2.04. The molecule has 2 aromatic heterocycles. The van der Waals surface area contributed by atoms with Crippen molar-refractivity contribution in [3.8, 4) is 11.1 Å². The van der Waals surface area contributed by atoms with E-state index in [1.165, 1.54) is 23.6 Å². The number of nitrogens with zero attached hydrogens (tertiary/aromatic N) is 3. The summed E-state index contributed by atoms with van der Waals surface area (Å²) < 4.78 is 1.98. The third kappa shape index (κ3) is 5.40. The van der Waals surface area contributed by atoms with Crippen molar-refractivity contribution in [3.63, 3.8) is 0 Å². The number of carbonyl (C=O) groups is 1. The zero-order valence-corrected chi connectivity index (χ0v) is 18.8. The molecule has 2 heterocycles. The Morgan fingerprint density at radius 1 is 1.29 bits per heavy atom. The van der Waals surface area contributed by atoms with Gasteiger partial charge in [0.2, 0.25) is 0 Å². The Bertz CT molecular complexity index is 1070. The Labute approximate surface area is 184 Å². The lowest BCUT2D eigenvalue weighted by Gasteiger charge is -2.23. The highest BCUT2D eigenvalue weighted by Crippen LogP contribution is 2.33. The van der Waals surface area contributed by atoms with Crippen molar-refractivity contribution in [2.75, 3.05) is 13.1 Å². The minimum atomic E-state index is -0.566. The summed E-state index contributed by atoms with van der Waals surface area (Å²) >= 11 is 0. The molecular formula is C25H32N4O2. The maximum atomic E-state index is 11.6. The molecule has 6 heteroatoms. The van der Waals surface area contributed by atoms with Crippen LogP contribution in [0.2, 0.25) is 0 Å². The van der Waals surface area contributed by atoms with E-state index in [0.29, 0.717) is 5.92 Å². The van der Waals surface area contributed by atoms with Gasteiger partial charge in [0, 0.05) is 36.8 Å². The zero-order chi connectivity index (χ0) is 22.4. The molecule has 0 unspecified atom stereocenters. The van der Waals surface area contributed by atoms with Crippen LogP contribution in [0.1, 0.15) is 43.9 Å². The predicted octanol–water partition coefficient (Wildman–Crippen LogP) is 4.70. The van der Waals surface area contributed by atoms with Gasteiger partial charge in [-0.2, -0.15) is 0 Å². The number of amides is 1. The summed E-state index contributed by atoms with van der Waals surface area (Å²) in [7, 11) is 0. The van der Waals surface area contributed by atoms with Gasteiger partial charge >= 0.3 is 0 Å². The second kappa shape index (κ2) is 10.4. The third-order valence-electron chi connectivity index (χ3n) is 5.70. The van der Waals surface area contributed by atoms with Crippen molar-refractivity contribution >= 4 is 17.6 Å². The highest BCUT2D eigenvalue weighted by Gasteiger charge is 2.16. The summed E-state index contributed by atoms with van der Waals surface area (Å²) in [5.74, 6) is 0.119. The lowest BCUT2D eigenvalue weighted by molar-refractivity contribution is -0.124. The summed E-state index contributed by atoms with van der Waals surface area (Å²) in [6, 6.07) is 8.35. The van der Waals surface area contributed by atoms with Gasteiger partial charge in [0.05, 0.1) is 0 Å². The molecule has 0 saturated heterocycles. The van der Waals surface area contributed by atoms with Crippen LogP contribution in [0.3, 0.4) is 0 Å². The monoisotopic (exact) mass is 420 g/mol. The van der Waals surface area contributed by atoms with Gasteiger partial charge in [-0.05, 0) is 66.7 Å². The SMILES string of the molecule is CCN(CCC(C)C)Cc1cccc(-c2c(C=CC(=O)NO)ccn3ccnc23)c1C. The van der Waals surface area contributed by atoms with Gasteiger partial charge in [0.25, 0.3) is 5.91 Å². The molecular weight excluding hydrogens is 388 g/mol. The molecule has 0 atom stereocenters. The summed E-state index contributed by atoms with van der Waals surface area (Å²) in [6.07, 6.45) is 9.83. The van der Waals surface area contributed by atoms with Gasteiger partial charge in [0.1, 0.15) is 5.65 Å². The molecule has 1 amide bonds. The van der Waals surface area contributed by atoms with Crippen LogP contribution in [0.15, 0.2) is 48.9 Å². The van der Waals surface area contributed by atoms with Crippen LogP contribution in [0, 0.1) is 12.8 Å². The normalized spacial score (nSPS) is 11.8. The molecule has 0 aliphatic rings. The first-order valence-electron chi connectivity index (χ1n) is 10.8. The van der Waals surface area contributed by atoms with E-state index in [2.05, 4.69) is 55.8 Å². The number of pyridine rings is 1. The van der Waals surface area contributed by atoms with Gasteiger partial charge in [-0.1, -0.05) is 39.0 Å². The van der Waals surface area contributed by atoms with Gasteiger partial charge in [-0.25, -0.2) is 10.5 Å². The molecule has 3 aromatic rings. The number of aromatic nitrogens is 2. The summed E-state index contributed by atoms with van der Waals surface area (Å²) in [6.45, 7) is 11.9. The van der Waals surface area contributed by atoms with E-state index < -0.39 is 5.91 Å². The van der Waals surface area contributed by atoms with Crippen LogP contribution in [-0.4, -0.2) is 38.5 Å². The average Bonchev–Trinajstić information content (AvgIpc) is 3.24. The van der Waals surface area contributed by atoms with Crippen LogP contribution in [0.4, 0.5) is 0 Å². The first-order valence-corrected chi connectivity index (χ1v) is 10.8. The Morgan fingerprint density at radius 3 is 2.81 bits per heavy atom. The fourth-order valence-corrected chi connectivity index (χ4v) is 3.77. The summed E-state index contributed by atoms with van der Waals surface area (Å²) in [5.41, 5.74) is 7.91. The van der Waals surface area contributed by atoms with E-state index in [4.69, 9.17) is 5.21 Å². The van der Waals surface area contributed by atoms with Crippen LogP contribution in [0.25, 0.3) is 22.9 Å². The van der Waals surface area contributed by atoms with E-state index in [1.807, 2.05) is 22.9 Å². The van der Waals surface area contributed by atoms with Crippen molar-refractivity contribution in [2.24, 2.45) is 5.92 Å². The molecule has 6 nitrogen and oxygen atoms in total. The molecule has 0 aliphatic carbocycles. The highest BCUT2D eigenvalue weighted by atomic mass is 16.5. The van der Waals surface area contributed by atoms with E-state index in [0.717, 1.165) is 42.0 Å². The number of hydrogen-bond donors (Lipinski definition) is 2. The smallest absolute Gasteiger partial charge is 0.267 e. The molecule has 3 rings (SSSR count). The van der Waals surface area contributed by atoms with E-state index in [1.54, 1.807) is 17.8 Å². The Hall–Kier alpha value is -2.96. The minimum Gasteiger partial charge on any atom is -0.307 e. The van der Waals surface area contributed by atoms with Crippen molar-refractivity contribution < 1.29 is 10.0 Å². The van der Waals surface area contributed by atoms with Crippen LogP contribution >= 0.6 is 0 Å². The number of imidazole rings is 1. The number of benzene rings is 1. The van der Waals surface area contributed by atoms with Gasteiger partial charge in [-0.3, -0.25) is 14.9 Å². The fraction of sp³-hybridized carbons (Fsp3) is 0.360. The number of rotatable bonds is 9. The topological polar surface area (TPSA) is 69.9 Å². The summed E-state index contributed by atoms with van der Waals surface area (Å²) in [4.78, 5) is 18.6. The zero-order valence-electron chi connectivity index (χ0n) is 18.8. The molecule has 0 bridgehead atoms. The summed E-state index contributed by atoms with van der Waals surface area (Å²) in [5, 5.41) is 8.83. The number of carbonyl (C=O) groups excluding carboxylic acids is 1. The molecule has 0 saturated carbocycles. The highest BCUT2D eigenvalue weighted by molar-refractivity contribution is 5.94. The van der Waals surface area contributed by atoms with Gasteiger partial charge in [0.15, 0.2) is 0 Å². The van der Waals surface area contributed by atoms with Crippen LogP contribution in [0.5, 0.6) is 0 Å². The molecule has 1 aromatic carbocycles. The number of hydrogen-bond acceptors (Lipinski definition) is 4. The second-order valence-corrected chi connectivity index (χ2v) is 8.25. The van der Waals surface area contributed by atoms with Crippen molar-refractivity contribution in [3.05, 3.63) is 65.6 Å². The van der Waals surface area contributed by atoms with Crippen molar-refractivity contribution in [1.82, 2.24) is 19.8 Å². The molecule has 0 radical (unpaired) electrons. The van der Waals surface area contributed by atoms with E-state index >= 15 is 0 Å². The third-order valence-corrected chi connectivity index (χ3v) is 5.70. The van der Waals surface area contributed by atoms with Crippen molar-refractivity contribution in [1.29, 1.82) is 0 Å². The van der Waals surface area contributed by atoms with Crippen LogP contribution in [-0.2, 0) is 11.3 Å². The second-order valence-electron chi connectivity index (χ2n) is 8.25. The molecule has 164 valence electrons. The van der Waals surface area contributed by atoms with E-state index in [-0.39, 0.29) is 0 Å².